The van der Waals surface area contributed by atoms with Crippen LogP contribution in [-0.2, 0) is 16.4 Å². The number of para-hydroxylation sites is 1. The summed E-state index contributed by atoms with van der Waals surface area (Å²) in [7, 11) is -2.20. The van der Waals surface area contributed by atoms with E-state index in [1.807, 2.05) is 36.4 Å². The van der Waals surface area contributed by atoms with Crippen LogP contribution in [0.5, 0.6) is 17.2 Å². The molecule has 0 aliphatic carbocycles. The van der Waals surface area contributed by atoms with E-state index in [1.54, 1.807) is 49.7 Å². The fraction of sp³-hybridized carbons (Fsp3) is 0.167. The van der Waals surface area contributed by atoms with E-state index >= 15 is 0 Å². The maximum Gasteiger partial charge on any atom is 0.268 e. The molecule has 1 heterocycles. The molecule has 0 N–H and O–H groups in total. The summed E-state index contributed by atoms with van der Waals surface area (Å²) in [6.45, 7) is 2.07. The van der Waals surface area contributed by atoms with E-state index in [1.165, 1.54) is 3.97 Å². The molecule has 0 aliphatic rings. The first-order chi connectivity index (χ1) is 14.5. The van der Waals surface area contributed by atoms with Gasteiger partial charge in [-0.15, -0.1) is 0 Å². The van der Waals surface area contributed by atoms with E-state index < -0.39 is 10.0 Å². The van der Waals surface area contributed by atoms with Crippen LogP contribution in [-0.4, -0.2) is 19.5 Å². The standard InChI is InChI=1S/C24H23NO4S/c1-3-8-18-17-25(24-14-13-20(28-2)16-23(18)24)30(26,27)22-12-7-11-21(15-22)29-19-9-5-4-6-10-19/h4-7,9-17H,3,8H2,1-2H3. The zero-order valence-electron chi connectivity index (χ0n) is 16.9. The van der Waals surface area contributed by atoms with Gasteiger partial charge >= 0.3 is 0 Å². The topological polar surface area (TPSA) is 57.5 Å². The minimum absolute atomic E-state index is 0.173. The third-order valence-electron chi connectivity index (χ3n) is 4.92. The second-order valence-electron chi connectivity index (χ2n) is 6.98. The molecule has 0 saturated carbocycles. The van der Waals surface area contributed by atoms with Gasteiger partial charge < -0.3 is 9.47 Å². The van der Waals surface area contributed by atoms with Gasteiger partial charge in [-0.3, -0.25) is 0 Å². The number of aromatic nitrogens is 1. The predicted molar refractivity (Wildman–Crippen MR) is 118 cm³/mol. The lowest BCUT2D eigenvalue weighted by Crippen LogP contribution is -2.12. The normalized spacial score (nSPS) is 11.5. The average molecular weight is 422 g/mol. The van der Waals surface area contributed by atoms with Crippen molar-refractivity contribution >= 4 is 20.9 Å². The highest BCUT2D eigenvalue weighted by Crippen LogP contribution is 2.31. The van der Waals surface area contributed by atoms with Crippen LogP contribution in [0.3, 0.4) is 0 Å². The van der Waals surface area contributed by atoms with Crippen LogP contribution in [0.1, 0.15) is 18.9 Å². The van der Waals surface area contributed by atoms with Crippen LogP contribution in [0.4, 0.5) is 0 Å². The highest BCUT2D eigenvalue weighted by Gasteiger charge is 2.22. The Kier molecular flexibility index (Phi) is 5.50. The van der Waals surface area contributed by atoms with Crippen molar-refractivity contribution in [1.82, 2.24) is 3.97 Å². The van der Waals surface area contributed by atoms with Crippen LogP contribution >= 0.6 is 0 Å². The summed E-state index contributed by atoms with van der Waals surface area (Å²) in [5, 5.41) is 0.886. The van der Waals surface area contributed by atoms with Gasteiger partial charge in [0.15, 0.2) is 0 Å². The fourth-order valence-electron chi connectivity index (χ4n) is 3.48. The first-order valence-corrected chi connectivity index (χ1v) is 11.2. The molecule has 3 aromatic carbocycles. The molecule has 1 aromatic heterocycles. The molecule has 0 saturated heterocycles. The first kappa shape index (κ1) is 20.0. The molecule has 0 atom stereocenters. The zero-order valence-corrected chi connectivity index (χ0v) is 17.7. The number of ether oxygens (including phenoxy) is 2. The molecule has 0 amide bonds. The van der Waals surface area contributed by atoms with E-state index in [9.17, 15) is 8.42 Å². The van der Waals surface area contributed by atoms with Crippen molar-refractivity contribution in [2.75, 3.05) is 7.11 Å². The number of methoxy groups -OCH3 is 1. The maximum atomic E-state index is 13.5. The van der Waals surface area contributed by atoms with Crippen molar-refractivity contribution in [3.63, 3.8) is 0 Å². The molecule has 0 spiro atoms. The molecule has 0 unspecified atom stereocenters. The Hall–Kier alpha value is -3.25. The molecular weight excluding hydrogens is 398 g/mol. The molecule has 30 heavy (non-hydrogen) atoms. The minimum Gasteiger partial charge on any atom is -0.497 e. The van der Waals surface area contributed by atoms with Gasteiger partial charge in [0, 0.05) is 17.6 Å². The second kappa shape index (κ2) is 8.24. The number of rotatable bonds is 7. The number of hydrogen-bond donors (Lipinski definition) is 0. The van der Waals surface area contributed by atoms with Gasteiger partial charge in [-0.25, -0.2) is 12.4 Å². The second-order valence-corrected chi connectivity index (χ2v) is 8.79. The Bertz CT molecular complexity index is 1280. The lowest BCUT2D eigenvalue weighted by molar-refractivity contribution is 0.415. The summed E-state index contributed by atoms with van der Waals surface area (Å²) >= 11 is 0. The molecule has 154 valence electrons. The molecule has 0 bridgehead atoms. The fourth-order valence-corrected chi connectivity index (χ4v) is 4.90. The minimum atomic E-state index is -3.80. The predicted octanol–water partition coefficient (Wildman–Crippen LogP) is 5.63. The Morgan fingerprint density at radius 1 is 0.867 bits per heavy atom. The molecule has 6 heteroatoms. The Morgan fingerprint density at radius 2 is 1.63 bits per heavy atom. The summed E-state index contributed by atoms with van der Waals surface area (Å²) in [5.41, 5.74) is 1.61. The Labute approximate surface area is 176 Å². The van der Waals surface area contributed by atoms with Gasteiger partial charge in [-0.1, -0.05) is 37.6 Å². The molecular formula is C24H23NO4S. The van der Waals surface area contributed by atoms with Crippen LogP contribution < -0.4 is 9.47 Å². The summed E-state index contributed by atoms with van der Waals surface area (Å²) in [4.78, 5) is 0.173. The third kappa shape index (κ3) is 3.78. The van der Waals surface area contributed by atoms with Gasteiger partial charge in [0.1, 0.15) is 17.2 Å². The van der Waals surface area contributed by atoms with Crippen molar-refractivity contribution in [3.05, 3.63) is 84.6 Å². The molecule has 0 radical (unpaired) electrons. The van der Waals surface area contributed by atoms with Crippen molar-refractivity contribution in [2.24, 2.45) is 0 Å². The van der Waals surface area contributed by atoms with Gasteiger partial charge in [-0.2, -0.15) is 0 Å². The van der Waals surface area contributed by atoms with Crippen LogP contribution in [0.25, 0.3) is 10.9 Å². The number of benzene rings is 3. The average Bonchev–Trinajstić information content (AvgIpc) is 3.13. The lowest BCUT2D eigenvalue weighted by Gasteiger charge is -2.10. The largest absolute Gasteiger partial charge is 0.497 e. The van der Waals surface area contributed by atoms with Gasteiger partial charge in [-0.05, 0) is 54.4 Å². The number of aryl methyl sites for hydroxylation is 1. The smallest absolute Gasteiger partial charge is 0.268 e. The van der Waals surface area contributed by atoms with Crippen LogP contribution in [0.15, 0.2) is 83.9 Å². The van der Waals surface area contributed by atoms with Crippen molar-refractivity contribution in [1.29, 1.82) is 0 Å². The first-order valence-electron chi connectivity index (χ1n) is 9.79. The van der Waals surface area contributed by atoms with E-state index in [2.05, 4.69) is 6.92 Å². The van der Waals surface area contributed by atoms with E-state index in [0.29, 0.717) is 22.8 Å². The maximum absolute atomic E-state index is 13.5. The van der Waals surface area contributed by atoms with Crippen molar-refractivity contribution in [3.8, 4) is 17.2 Å². The van der Waals surface area contributed by atoms with Crippen LogP contribution in [0, 0.1) is 0 Å². The van der Waals surface area contributed by atoms with E-state index in [4.69, 9.17) is 9.47 Å². The number of hydrogen-bond acceptors (Lipinski definition) is 4. The molecule has 0 fully saturated rings. The highest BCUT2D eigenvalue weighted by atomic mass is 32.2. The van der Waals surface area contributed by atoms with Gasteiger partial charge in [0.05, 0.1) is 17.5 Å². The molecule has 4 aromatic rings. The monoisotopic (exact) mass is 421 g/mol. The van der Waals surface area contributed by atoms with Crippen LogP contribution in [0.2, 0.25) is 0 Å². The summed E-state index contributed by atoms with van der Waals surface area (Å²) in [6.07, 6.45) is 3.41. The number of fused-ring (bicyclic) bond motifs is 1. The van der Waals surface area contributed by atoms with E-state index in [0.717, 1.165) is 23.8 Å². The molecule has 4 rings (SSSR count). The zero-order chi connectivity index (χ0) is 21.1. The van der Waals surface area contributed by atoms with Gasteiger partial charge in [0.25, 0.3) is 10.0 Å². The SMILES string of the molecule is CCCc1cn(S(=O)(=O)c2cccc(Oc3ccccc3)c2)c2ccc(OC)cc12. The molecule has 0 aliphatic heterocycles. The van der Waals surface area contributed by atoms with E-state index in [-0.39, 0.29) is 4.90 Å². The number of nitrogens with zero attached hydrogens (tertiary/aromatic N) is 1. The van der Waals surface area contributed by atoms with Crippen molar-refractivity contribution < 1.29 is 17.9 Å². The summed E-state index contributed by atoms with van der Waals surface area (Å²) in [5.74, 6) is 1.82. The highest BCUT2D eigenvalue weighted by molar-refractivity contribution is 7.90. The summed E-state index contributed by atoms with van der Waals surface area (Å²) < 4.78 is 39.5. The quantitative estimate of drug-likeness (QED) is 0.388. The lowest BCUT2D eigenvalue weighted by atomic mass is 10.1. The Morgan fingerprint density at radius 3 is 2.37 bits per heavy atom. The molecule has 5 nitrogen and oxygen atoms in total. The summed E-state index contributed by atoms with van der Waals surface area (Å²) in [6, 6.07) is 21.3. The van der Waals surface area contributed by atoms with Crippen molar-refractivity contribution in [2.45, 2.75) is 24.7 Å². The Balaban J connectivity index is 1.79. The van der Waals surface area contributed by atoms with Gasteiger partial charge in [0.2, 0.25) is 0 Å². The third-order valence-corrected chi connectivity index (χ3v) is 6.59.